The molecule has 1 saturated carbocycles. The van der Waals surface area contributed by atoms with Gasteiger partial charge in [-0.15, -0.1) is 48.2 Å². The fraction of sp³-hybridized carbons (Fsp3) is 0.257. The van der Waals surface area contributed by atoms with Gasteiger partial charge in [0.05, 0.1) is 11.3 Å². The number of carbonyl (C=O) groups is 1. The van der Waals surface area contributed by atoms with Crippen molar-refractivity contribution in [3.05, 3.63) is 101 Å². The Kier molecular flexibility index (Phi) is 10.0. The minimum atomic E-state index is -0.125. The molecule has 0 aliphatic heterocycles. The first-order valence-corrected chi connectivity index (χ1v) is 13.0. The Bertz CT molecular complexity index is 1530. The van der Waals surface area contributed by atoms with Crippen LogP contribution in [0.2, 0.25) is 0 Å². The number of ketones is 1. The number of pyridine rings is 1. The van der Waals surface area contributed by atoms with Crippen LogP contribution in [0.4, 0.5) is 0 Å². The van der Waals surface area contributed by atoms with Crippen molar-refractivity contribution in [3.8, 4) is 35.2 Å². The topological polar surface area (TPSA) is 50.2 Å². The minimum absolute atomic E-state index is 0. The Morgan fingerprint density at radius 2 is 1.59 bits per heavy atom. The summed E-state index contributed by atoms with van der Waals surface area (Å²) >= 11 is 0. The van der Waals surface area contributed by atoms with Gasteiger partial charge in [-0.3, -0.25) is 9.78 Å². The first-order valence-electron chi connectivity index (χ1n) is 13.0. The van der Waals surface area contributed by atoms with E-state index < -0.39 is 0 Å². The van der Waals surface area contributed by atoms with Gasteiger partial charge in [0.15, 0.2) is 5.78 Å². The second-order valence-electron chi connectivity index (χ2n) is 10.2. The van der Waals surface area contributed by atoms with Crippen LogP contribution in [-0.4, -0.2) is 15.9 Å². The average molecular weight is 693 g/mol. The van der Waals surface area contributed by atoms with E-state index in [1.54, 1.807) is 5.56 Å². The number of aliphatic hydroxyl groups excluding tert-OH is 1. The first-order chi connectivity index (χ1) is 18.3. The van der Waals surface area contributed by atoms with Crippen molar-refractivity contribution in [2.45, 2.75) is 58.8 Å². The fourth-order valence-corrected chi connectivity index (χ4v) is 5.83. The summed E-state index contributed by atoms with van der Waals surface area (Å²) in [6, 6.07) is 25.3. The first kappa shape index (κ1) is 30.0. The summed E-state index contributed by atoms with van der Waals surface area (Å²) in [5, 5.41) is 9.75. The summed E-state index contributed by atoms with van der Waals surface area (Å²) in [7, 11) is 0. The SMILES string of the molecule is C#C.CC(=O)C=C(C)O.Cc1cc2nc(-c3[c-]ccc(-c4ccccc4)c3)c3c(c2cc1C)C1CCC3C1.[Ir]. The third-order valence-electron chi connectivity index (χ3n) is 7.50. The van der Waals surface area contributed by atoms with Gasteiger partial charge in [-0.05, 0) is 98.9 Å². The molecular weight excluding hydrogens is 659 g/mol. The number of carbonyl (C=O) groups excluding carboxylic acids is 1. The zero-order valence-electron chi connectivity index (χ0n) is 22.9. The molecule has 4 heteroatoms. The molecule has 3 aromatic carbocycles. The van der Waals surface area contributed by atoms with Crippen LogP contribution in [0, 0.1) is 32.8 Å². The quantitative estimate of drug-likeness (QED) is 0.101. The van der Waals surface area contributed by atoms with E-state index >= 15 is 0 Å². The molecule has 2 aliphatic rings. The number of rotatable bonds is 3. The van der Waals surface area contributed by atoms with Crippen LogP contribution in [0.1, 0.15) is 67.2 Å². The van der Waals surface area contributed by atoms with E-state index in [-0.39, 0.29) is 31.6 Å². The summed E-state index contributed by atoms with van der Waals surface area (Å²) in [6.07, 6.45) is 13.1. The van der Waals surface area contributed by atoms with E-state index in [0.29, 0.717) is 11.8 Å². The molecule has 1 fully saturated rings. The Morgan fingerprint density at radius 3 is 2.21 bits per heavy atom. The molecule has 0 spiro atoms. The van der Waals surface area contributed by atoms with Crippen molar-refractivity contribution in [1.29, 1.82) is 0 Å². The predicted molar refractivity (Wildman–Crippen MR) is 157 cm³/mol. The van der Waals surface area contributed by atoms with E-state index in [2.05, 4.69) is 93.4 Å². The fourth-order valence-electron chi connectivity index (χ4n) is 5.83. The van der Waals surface area contributed by atoms with Gasteiger partial charge in [-0.25, -0.2) is 0 Å². The summed E-state index contributed by atoms with van der Waals surface area (Å²) in [4.78, 5) is 15.3. The third kappa shape index (κ3) is 6.39. The number of benzene rings is 3. The van der Waals surface area contributed by atoms with Crippen LogP contribution in [0.15, 0.2) is 72.5 Å². The summed E-state index contributed by atoms with van der Waals surface area (Å²) in [5.74, 6) is 1.31. The zero-order chi connectivity index (χ0) is 27.4. The molecule has 4 aromatic rings. The predicted octanol–water partition coefficient (Wildman–Crippen LogP) is 8.63. The van der Waals surface area contributed by atoms with Crippen molar-refractivity contribution in [1.82, 2.24) is 4.98 Å². The van der Waals surface area contributed by atoms with Crippen molar-refractivity contribution >= 4 is 16.7 Å². The molecule has 2 aliphatic carbocycles. The second-order valence-corrected chi connectivity index (χ2v) is 10.2. The molecule has 2 atom stereocenters. The standard InChI is InChI=1S/C28H24N.C5H8O2.C2H2.Ir/c1-17-13-24-25(14-18(17)2)29-28(27-22-12-11-21(16-22)26(24)27)23-10-6-9-20(15-23)19-7-4-3-5-8-19;1-4(6)3-5(2)7;1-2;/h3-9,13-15,21-22H,11-12,16H2,1-2H3;3,6H,1-2H3;1-2H;/q-1;;;. The number of terminal acetylenes is 1. The third-order valence-corrected chi connectivity index (χ3v) is 7.50. The van der Waals surface area contributed by atoms with E-state index in [1.165, 1.54) is 78.1 Å². The molecule has 1 radical (unpaired) electrons. The molecule has 1 aromatic heterocycles. The molecule has 2 unspecified atom stereocenters. The van der Waals surface area contributed by atoms with Crippen LogP contribution in [-0.2, 0) is 24.9 Å². The van der Waals surface area contributed by atoms with E-state index in [1.807, 2.05) is 0 Å². The van der Waals surface area contributed by atoms with Gasteiger partial charge in [0.2, 0.25) is 0 Å². The van der Waals surface area contributed by atoms with Crippen molar-refractivity contribution in [2.24, 2.45) is 0 Å². The Hall–Kier alpha value is -3.51. The van der Waals surface area contributed by atoms with Gasteiger partial charge in [0.1, 0.15) is 0 Å². The maximum Gasteiger partial charge on any atom is 0.155 e. The van der Waals surface area contributed by atoms with Gasteiger partial charge in [-0.1, -0.05) is 35.9 Å². The smallest absolute Gasteiger partial charge is 0.155 e. The van der Waals surface area contributed by atoms with Crippen molar-refractivity contribution in [3.63, 3.8) is 0 Å². The molecule has 201 valence electrons. The number of hydrogen-bond donors (Lipinski definition) is 1. The number of aromatic nitrogens is 1. The average Bonchev–Trinajstić information content (AvgIpc) is 3.53. The number of aliphatic hydroxyl groups is 1. The molecule has 2 bridgehead atoms. The molecule has 3 nitrogen and oxygen atoms in total. The Balaban J connectivity index is 0.000000370. The monoisotopic (exact) mass is 693 g/mol. The number of allylic oxidation sites excluding steroid dienone is 2. The van der Waals surface area contributed by atoms with Gasteiger partial charge < -0.3 is 5.11 Å². The summed E-state index contributed by atoms with van der Waals surface area (Å²) in [6.45, 7) is 7.26. The van der Waals surface area contributed by atoms with Crippen LogP contribution in [0.25, 0.3) is 33.3 Å². The molecule has 1 heterocycles. The van der Waals surface area contributed by atoms with Crippen molar-refractivity contribution in [2.75, 3.05) is 0 Å². The molecular formula is C35H34IrNO2-. The number of hydrogen-bond acceptors (Lipinski definition) is 3. The van der Waals surface area contributed by atoms with E-state index in [0.717, 1.165) is 11.1 Å². The van der Waals surface area contributed by atoms with Gasteiger partial charge in [-0.2, -0.15) is 0 Å². The Morgan fingerprint density at radius 1 is 0.949 bits per heavy atom. The molecule has 0 amide bonds. The maximum absolute atomic E-state index is 10.0. The molecule has 39 heavy (non-hydrogen) atoms. The normalized spacial score (nSPS) is 16.7. The van der Waals surface area contributed by atoms with E-state index in [4.69, 9.17) is 10.1 Å². The minimum Gasteiger partial charge on any atom is -0.512 e. The zero-order valence-corrected chi connectivity index (χ0v) is 25.3. The molecule has 0 saturated heterocycles. The molecule has 6 rings (SSSR count). The van der Waals surface area contributed by atoms with E-state index in [9.17, 15) is 4.79 Å². The summed E-state index contributed by atoms with van der Waals surface area (Å²) in [5.41, 5.74) is 11.7. The number of nitrogens with zero attached hydrogens (tertiary/aromatic N) is 1. The maximum atomic E-state index is 10.0. The number of fused-ring (bicyclic) bond motifs is 7. The van der Waals surface area contributed by atoms with Crippen LogP contribution in [0.5, 0.6) is 0 Å². The van der Waals surface area contributed by atoms with Crippen molar-refractivity contribution < 1.29 is 30.0 Å². The van der Waals surface area contributed by atoms with Crippen LogP contribution >= 0.6 is 0 Å². The largest absolute Gasteiger partial charge is 0.512 e. The second kappa shape index (κ2) is 13.0. The molecule has 1 N–H and O–H groups in total. The van der Waals surface area contributed by atoms with Crippen LogP contribution < -0.4 is 0 Å². The van der Waals surface area contributed by atoms with Crippen LogP contribution in [0.3, 0.4) is 0 Å². The van der Waals surface area contributed by atoms with Gasteiger partial charge in [0, 0.05) is 31.6 Å². The number of aryl methyl sites for hydroxylation is 2. The van der Waals surface area contributed by atoms with Gasteiger partial charge >= 0.3 is 0 Å². The summed E-state index contributed by atoms with van der Waals surface area (Å²) < 4.78 is 0. The van der Waals surface area contributed by atoms with Gasteiger partial charge in [0.25, 0.3) is 0 Å². The Labute approximate surface area is 245 Å².